The zero-order valence-electron chi connectivity index (χ0n) is 9.99. The van der Waals surface area contributed by atoms with E-state index in [1.807, 2.05) is 24.3 Å². The molecule has 0 aliphatic heterocycles. The molecule has 0 saturated heterocycles. The van der Waals surface area contributed by atoms with Gasteiger partial charge in [0.25, 0.3) is 0 Å². The molecule has 0 aromatic heterocycles. The van der Waals surface area contributed by atoms with Crippen molar-refractivity contribution < 1.29 is 9.53 Å². The Bertz CT molecular complexity index is 597. The first kappa shape index (κ1) is 11.4. The van der Waals surface area contributed by atoms with Crippen molar-refractivity contribution in [3.8, 4) is 5.75 Å². The van der Waals surface area contributed by atoms with Gasteiger partial charge in [0.05, 0.1) is 0 Å². The van der Waals surface area contributed by atoms with Crippen molar-refractivity contribution in [2.45, 2.75) is 13.8 Å². The molecule has 0 bridgehead atoms. The molecule has 0 aliphatic rings. The van der Waals surface area contributed by atoms with Gasteiger partial charge in [0.2, 0.25) is 0 Å². The lowest BCUT2D eigenvalue weighted by Crippen LogP contribution is -2.07. The van der Waals surface area contributed by atoms with Crippen molar-refractivity contribution in [3.63, 3.8) is 0 Å². The van der Waals surface area contributed by atoms with Gasteiger partial charge in [-0.05, 0) is 36.8 Å². The lowest BCUT2D eigenvalue weighted by Gasteiger charge is -2.05. The van der Waals surface area contributed by atoms with E-state index < -0.39 is 5.97 Å². The molecule has 0 fully saturated rings. The molecule has 0 atom stereocenters. The quantitative estimate of drug-likeness (QED) is 0.444. The van der Waals surface area contributed by atoms with Crippen LogP contribution in [-0.4, -0.2) is 5.97 Å². The van der Waals surface area contributed by atoms with Crippen LogP contribution in [-0.2, 0) is 4.79 Å². The molecular formula is C15H14O2. The van der Waals surface area contributed by atoms with Gasteiger partial charge in [-0.15, -0.1) is 0 Å². The number of ether oxygens (including phenoxy) is 1. The maximum absolute atomic E-state index is 11.4. The molecule has 0 heterocycles. The Balaban J connectivity index is 2.35. The third-order valence-electron chi connectivity index (χ3n) is 2.53. The molecule has 2 heteroatoms. The lowest BCUT2D eigenvalue weighted by atomic mass is 10.1. The number of fused-ring (bicyclic) bond motifs is 1. The summed E-state index contributed by atoms with van der Waals surface area (Å²) in [6.07, 6.45) is 0. The number of carbonyl (C=O) groups excluding carboxylic acids is 1. The van der Waals surface area contributed by atoms with Gasteiger partial charge in [-0.2, -0.15) is 0 Å². The standard InChI is InChI=1S/C15H14O2/c1-10(2)15(16)17-14-7-6-12-8-11(3)4-5-13(12)9-14/h4-9H,1H2,2-3H3. The van der Waals surface area contributed by atoms with Gasteiger partial charge in [0.1, 0.15) is 5.75 Å². The second-order valence-corrected chi connectivity index (χ2v) is 4.18. The fourth-order valence-corrected chi connectivity index (χ4v) is 1.60. The number of esters is 1. The highest BCUT2D eigenvalue weighted by atomic mass is 16.5. The van der Waals surface area contributed by atoms with Gasteiger partial charge in [0, 0.05) is 5.57 Å². The zero-order valence-corrected chi connectivity index (χ0v) is 9.99. The minimum Gasteiger partial charge on any atom is -0.423 e. The molecule has 17 heavy (non-hydrogen) atoms. The van der Waals surface area contributed by atoms with E-state index in [9.17, 15) is 4.79 Å². The molecule has 2 nitrogen and oxygen atoms in total. The summed E-state index contributed by atoms with van der Waals surface area (Å²) in [6, 6.07) is 11.7. The third kappa shape index (κ3) is 2.53. The number of carbonyl (C=O) groups is 1. The Morgan fingerprint density at radius 2 is 1.76 bits per heavy atom. The summed E-state index contributed by atoms with van der Waals surface area (Å²) in [4.78, 5) is 11.4. The van der Waals surface area contributed by atoms with E-state index in [1.54, 1.807) is 13.0 Å². The summed E-state index contributed by atoms with van der Waals surface area (Å²) >= 11 is 0. The second-order valence-electron chi connectivity index (χ2n) is 4.18. The van der Waals surface area contributed by atoms with Crippen LogP contribution in [0.15, 0.2) is 48.6 Å². The summed E-state index contributed by atoms with van der Waals surface area (Å²) in [6.45, 7) is 7.23. The molecule has 0 N–H and O–H groups in total. The van der Waals surface area contributed by atoms with Crippen molar-refractivity contribution in [2.75, 3.05) is 0 Å². The molecule has 0 unspecified atom stereocenters. The maximum Gasteiger partial charge on any atom is 0.338 e. The third-order valence-corrected chi connectivity index (χ3v) is 2.53. The van der Waals surface area contributed by atoms with Crippen LogP contribution < -0.4 is 4.74 Å². The number of hydrogen-bond acceptors (Lipinski definition) is 2. The molecule has 2 aromatic rings. The summed E-state index contributed by atoms with van der Waals surface area (Å²) in [7, 11) is 0. The van der Waals surface area contributed by atoms with Crippen molar-refractivity contribution in [1.82, 2.24) is 0 Å². The fourth-order valence-electron chi connectivity index (χ4n) is 1.60. The highest BCUT2D eigenvalue weighted by molar-refractivity contribution is 5.90. The van der Waals surface area contributed by atoms with E-state index in [2.05, 4.69) is 19.6 Å². The van der Waals surface area contributed by atoms with Crippen LogP contribution in [0.4, 0.5) is 0 Å². The molecule has 0 aliphatic carbocycles. The Hall–Kier alpha value is -2.09. The smallest absolute Gasteiger partial charge is 0.338 e. The van der Waals surface area contributed by atoms with Crippen LogP contribution in [0, 0.1) is 6.92 Å². The Morgan fingerprint density at radius 1 is 1.12 bits per heavy atom. The zero-order chi connectivity index (χ0) is 12.4. The molecule has 0 spiro atoms. The van der Waals surface area contributed by atoms with E-state index in [-0.39, 0.29) is 0 Å². The van der Waals surface area contributed by atoms with Crippen LogP contribution in [0.3, 0.4) is 0 Å². The van der Waals surface area contributed by atoms with Crippen LogP contribution >= 0.6 is 0 Å². The van der Waals surface area contributed by atoms with Crippen molar-refractivity contribution >= 4 is 16.7 Å². The summed E-state index contributed by atoms with van der Waals surface area (Å²) in [5.41, 5.74) is 1.61. The van der Waals surface area contributed by atoms with E-state index in [4.69, 9.17) is 4.74 Å². The van der Waals surface area contributed by atoms with Gasteiger partial charge >= 0.3 is 5.97 Å². The van der Waals surface area contributed by atoms with E-state index in [1.165, 1.54) is 5.56 Å². The average molecular weight is 226 g/mol. The first-order valence-corrected chi connectivity index (χ1v) is 5.44. The van der Waals surface area contributed by atoms with Gasteiger partial charge < -0.3 is 4.74 Å². The Morgan fingerprint density at radius 3 is 2.47 bits per heavy atom. The number of rotatable bonds is 2. The van der Waals surface area contributed by atoms with Crippen LogP contribution in [0.2, 0.25) is 0 Å². The average Bonchev–Trinajstić information content (AvgIpc) is 2.29. The second kappa shape index (κ2) is 4.42. The lowest BCUT2D eigenvalue weighted by molar-refractivity contribution is -0.130. The van der Waals surface area contributed by atoms with Crippen LogP contribution in [0.25, 0.3) is 10.8 Å². The highest BCUT2D eigenvalue weighted by Gasteiger charge is 2.05. The van der Waals surface area contributed by atoms with Crippen molar-refractivity contribution in [2.24, 2.45) is 0 Å². The van der Waals surface area contributed by atoms with Gasteiger partial charge in [-0.1, -0.05) is 36.4 Å². The van der Waals surface area contributed by atoms with E-state index >= 15 is 0 Å². The monoisotopic (exact) mass is 226 g/mol. The number of benzene rings is 2. The Kier molecular flexibility index (Phi) is 2.96. The van der Waals surface area contributed by atoms with Crippen LogP contribution in [0.1, 0.15) is 12.5 Å². The first-order chi connectivity index (χ1) is 8.06. The van der Waals surface area contributed by atoms with Gasteiger partial charge in [-0.3, -0.25) is 0 Å². The van der Waals surface area contributed by atoms with Gasteiger partial charge in [0.15, 0.2) is 0 Å². The maximum atomic E-state index is 11.4. The predicted octanol–water partition coefficient (Wildman–Crippen LogP) is 3.63. The highest BCUT2D eigenvalue weighted by Crippen LogP contribution is 2.22. The minimum atomic E-state index is -0.392. The summed E-state index contributed by atoms with van der Waals surface area (Å²) < 4.78 is 5.18. The number of hydrogen-bond donors (Lipinski definition) is 0. The molecule has 0 radical (unpaired) electrons. The van der Waals surface area contributed by atoms with Crippen molar-refractivity contribution in [3.05, 3.63) is 54.1 Å². The summed E-state index contributed by atoms with van der Waals surface area (Å²) in [5.74, 6) is 0.158. The summed E-state index contributed by atoms with van der Waals surface area (Å²) in [5, 5.41) is 2.20. The molecular weight excluding hydrogens is 212 g/mol. The predicted molar refractivity (Wildman–Crippen MR) is 69.1 cm³/mol. The Labute approximate surface area is 101 Å². The molecule has 86 valence electrons. The normalized spacial score (nSPS) is 10.2. The molecule has 2 aromatic carbocycles. The molecule has 0 saturated carbocycles. The van der Waals surface area contributed by atoms with E-state index in [0.29, 0.717) is 11.3 Å². The first-order valence-electron chi connectivity index (χ1n) is 5.44. The SMILES string of the molecule is C=C(C)C(=O)Oc1ccc2cc(C)ccc2c1. The molecule has 2 rings (SSSR count). The van der Waals surface area contributed by atoms with Crippen LogP contribution in [0.5, 0.6) is 5.75 Å². The van der Waals surface area contributed by atoms with Gasteiger partial charge in [-0.25, -0.2) is 4.79 Å². The molecule has 0 amide bonds. The van der Waals surface area contributed by atoms with Crippen molar-refractivity contribution in [1.29, 1.82) is 0 Å². The topological polar surface area (TPSA) is 26.3 Å². The minimum absolute atomic E-state index is 0.392. The fraction of sp³-hybridized carbons (Fsp3) is 0.133. The van der Waals surface area contributed by atoms with E-state index in [0.717, 1.165) is 10.8 Å². The number of aryl methyl sites for hydroxylation is 1. The largest absolute Gasteiger partial charge is 0.423 e.